The van der Waals surface area contributed by atoms with E-state index >= 15 is 0 Å². The summed E-state index contributed by atoms with van der Waals surface area (Å²) in [7, 11) is 0. The van der Waals surface area contributed by atoms with E-state index in [0.717, 1.165) is 33.3 Å². The number of nitrogens with one attached hydrogen (secondary N) is 2. The first-order valence-electron chi connectivity index (χ1n) is 10.1. The van der Waals surface area contributed by atoms with Gasteiger partial charge in [-0.05, 0) is 35.6 Å². The van der Waals surface area contributed by atoms with E-state index in [-0.39, 0.29) is 11.8 Å². The van der Waals surface area contributed by atoms with Gasteiger partial charge < -0.3 is 15.2 Å². The summed E-state index contributed by atoms with van der Waals surface area (Å²) in [5, 5.41) is 4.03. The van der Waals surface area contributed by atoms with Crippen LogP contribution in [-0.4, -0.2) is 29.9 Å². The molecule has 2 amide bonds. The van der Waals surface area contributed by atoms with Gasteiger partial charge in [0.05, 0.1) is 12.1 Å². The Morgan fingerprint density at radius 1 is 1.10 bits per heavy atom. The van der Waals surface area contributed by atoms with Crippen LogP contribution in [0.25, 0.3) is 10.9 Å². The van der Waals surface area contributed by atoms with Crippen LogP contribution in [0.3, 0.4) is 0 Å². The predicted molar refractivity (Wildman–Crippen MR) is 118 cm³/mol. The van der Waals surface area contributed by atoms with E-state index in [1.165, 1.54) is 0 Å². The molecule has 0 spiro atoms. The van der Waals surface area contributed by atoms with Crippen LogP contribution < -0.4 is 10.2 Å². The number of aromatic nitrogens is 1. The lowest BCUT2D eigenvalue weighted by Crippen LogP contribution is -2.39. The Labute approximate surface area is 172 Å². The molecule has 0 aliphatic heterocycles. The maximum Gasteiger partial charge on any atom is 0.224 e. The van der Waals surface area contributed by atoms with Crippen molar-refractivity contribution in [2.45, 2.75) is 40.0 Å². The number of hydrogen-bond donors (Lipinski definition) is 2. The number of nitrogens with zero attached hydrogens (tertiary/aromatic N) is 1. The molecule has 152 valence electrons. The van der Waals surface area contributed by atoms with Crippen molar-refractivity contribution in [2.24, 2.45) is 0 Å². The van der Waals surface area contributed by atoms with Crippen molar-refractivity contribution < 1.29 is 9.59 Å². The Kier molecular flexibility index (Phi) is 6.37. The van der Waals surface area contributed by atoms with Gasteiger partial charge in [0.1, 0.15) is 0 Å². The van der Waals surface area contributed by atoms with Gasteiger partial charge in [-0.2, -0.15) is 0 Å². The van der Waals surface area contributed by atoms with E-state index in [1.54, 1.807) is 11.8 Å². The number of anilines is 1. The number of amides is 2. The van der Waals surface area contributed by atoms with Crippen molar-refractivity contribution >= 4 is 28.4 Å². The maximum absolute atomic E-state index is 12.5. The first kappa shape index (κ1) is 20.6. The first-order valence-corrected chi connectivity index (χ1v) is 10.1. The largest absolute Gasteiger partial charge is 0.361 e. The van der Waals surface area contributed by atoms with Crippen LogP contribution in [0, 0.1) is 6.92 Å². The Morgan fingerprint density at radius 2 is 1.86 bits per heavy atom. The summed E-state index contributed by atoms with van der Waals surface area (Å²) in [4.78, 5) is 29.8. The monoisotopic (exact) mass is 391 g/mol. The first-order chi connectivity index (χ1) is 13.9. The van der Waals surface area contributed by atoms with Crippen LogP contribution in [0.2, 0.25) is 0 Å². The number of para-hydroxylation sites is 2. The number of carbonyl (C=O) groups is 2. The Balaban J connectivity index is 1.66. The minimum Gasteiger partial charge on any atom is -0.361 e. The number of rotatable bonds is 7. The normalized spacial score (nSPS) is 11.1. The predicted octanol–water partition coefficient (Wildman–Crippen LogP) is 4.31. The number of benzene rings is 2. The zero-order valence-electron chi connectivity index (χ0n) is 17.6. The summed E-state index contributed by atoms with van der Waals surface area (Å²) in [5.74, 6) is 0.238. The van der Waals surface area contributed by atoms with Gasteiger partial charge in [0, 0.05) is 37.1 Å². The van der Waals surface area contributed by atoms with Crippen molar-refractivity contribution in [2.75, 3.05) is 18.0 Å². The van der Waals surface area contributed by atoms with Gasteiger partial charge in [-0.1, -0.05) is 50.2 Å². The molecule has 5 nitrogen and oxygen atoms in total. The molecule has 0 atom stereocenters. The van der Waals surface area contributed by atoms with E-state index in [4.69, 9.17) is 0 Å². The van der Waals surface area contributed by atoms with Gasteiger partial charge in [0.15, 0.2) is 0 Å². The highest BCUT2D eigenvalue weighted by molar-refractivity contribution is 5.93. The van der Waals surface area contributed by atoms with Gasteiger partial charge >= 0.3 is 0 Å². The molecule has 29 heavy (non-hydrogen) atoms. The van der Waals surface area contributed by atoms with Crippen LogP contribution in [0.5, 0.6) is 0 Å². The molecule has 0 saturated carbocycles. The highest BCUT2D eigenvalue weighted by Crippen LogP contribution is 2.31. The summed E-state index contributed by atoms with van der Waals surface area (Å²) < 4.78 is 0. The molecular weight excluding hydrogens is 362 g/mol. The molecule has 0 saturated heterocycles. The quantitative estimate of drug-likeness (QED) is 0.630. The summed E-state index contributed by atoms with van der Waals surface area (Å²) >= 11 is 0. The lowest BCUT2D eigenvalue weighted by atomic mass is 9.97. The molecule has 3 rings (SSSR count). The van der Waals surface area contributed by atoms with Crippen molar-refractivity contribution in [3.63, 3.8) is 0 Å². The van der Waals surface area contributed by atoms with Gasteiger partial charge in [0.25, 0.3) is 0 Å². The standard InChI is InChI=1S/C24H29N3O2/c1-16(2)20-10-7-8-17(3)24(20)27(18(4)28)13-12-25-23(29)14-19-15-26-22-11-6-5-9-21(19)22/h5-11,15-16,26H,12-14H2,1-4H3,(H,25,29). The number of aromatic amines is 1. The highest BCUT2D eigenvalue weighted by atomic mass is 16.2. The molecule has 2 aromatic carbocycles. The topological polar surface area (TPSA) is 65.2 Å². The SMILES string of the molecule is CC(=O)N(CCNC(=O)Cc1c[nH]c2ccccc12)c1c(C)cccc1C(C)C. The molecule has 0 bridgehead atoms. The molecule has 1 aromatic heterocycles. The van der Waals surface area contributed by atoms with E-state index < -0.39 is 0 Å². The average Bonchev–Trinajstić information content (AvgIpc) is 3.08. The van der Waals surface area contributed by atoms with Crippen LogP contribution in [-0.2, 0) is 16.0 Å². The zero-order valence-corrected chi connectivity index (χ0v) is 17.6. The smallest absolute Gasteiger partial charge is 0.224 e. The summed E-state index contributed by atoms with van der Waals surface area (Å²) in [6.45, 7) is 8.70. The van der Waals surface area contributed by atoms with Gasteiger partial charge in [0.2, 0.25) is 11.8 Å². The third-order valence-electron chi connectivity index (χ3n) is 5.22. The molecule has 0 unspecified atom stereocenters. The van der Waals surface area contributed by atoms with E-state index in [2.05, 4.69) is 30.2 Å². The maximum atomic E-state index is 12.5. The Bertz CT molecular complexity index is 1020. The van der Waals surface area contributed by atoms with E-state index in [0.29, 0.717) is 25.4 Å². The molecule has 0 radical (unpaired) electrons. The van der Waals surface area contributed by atoms with Crippen molar-refractivity contribution in [3.05, 3.63) is 65.4 Å². The van der Waals surface area contributed by atoms with Crippen LogP contribution in [0.15, 0.2) is 48.7 Å². The summed E-state index contributed by atoms with van der Waals surface area (Å²) in [6.07, 6.45) is 2.19. The van der Waals surface area contributed by atoms with Crippen molar-refractivity contribution in [1.82, 2.24) is 10.3 Å². The fourth-order valence-electron chi connectivity index (χ4n) is 3.76. The van der Waals surface area contributed by atoms with Crippen molar-refractivity contribution in [3.8, 4) is 0 Å². The number of aryl methyl sites for hydroxylation is 1. The second-order valence-electron chi connectivity index (χ2n) is 7.72. The second-order valence-corrected chi connectivity index (χ2v) is 7.72. The number of hydrogen-bond acceptors (Lipinski definition) is 2. The summed E-state index contributed by atoms with van der Waals surface area (Å²) in [5.41, 5.74) is 5.17. The third-order valence-corrected chi connectivity index (χ3v) is 5.22. The fourth-order valence-corrected chi connectivity index (χ4v) is 3.76. The fraction of sp³-hybridized carbons (Fsp3) is 0.333. The van der Waals surface area contributed by atoms with Crippen LogP contribution in [0.4, 0.5) is 5.69 Å². The number of H-pyrrole nitrogens is 1. The number of carbonyl (C=O) groups excluding carboxylic acids is 2. The molecule has 5 heteroatoms. The summed E-state index contributed by atoms with van der Waals surface area (Å²) in [6, 6.07) is 14.1. The van der Waals surface area contributed by atoms with Gasteiger partial charge in [-0.3, -0.25) is 9.59 Å². The molecule has 2 N–H and O–H groups in total. The zero-order chi connectivity index (χ0) is 21.0. The lowest BCUT2D eigenvalue weighted by molar-refractivity contribution is -0.121. The molecule has 0 aliphatic rings. The van der Waals surface area contributed by atoms with Gasteiger partial charge in [-0.25, -0.2) is 0 Å². The average molecular weight is 392 g/mol. The minimum absolute atomic E-state index is 0.0212. The number of fused-ring (bicyclic) bond motifs is 1. The lowest BCUT2D eigenvalue weighted by Gasteiger charge is -2.27. The molecule has 0 fully saturated rings. The Morgan fingerprint density at radius 3 is 2.59 bits per heavy atom. The minimum atomic E-state index is -0.0490. The molecule has 0 aliphatic carbocycles. The molecule has 3 aromatic rings. The third kappa shape index (κ3) is 4.67. The van der Waals surface area contributed by atoms with Crippen LogP contribution in [0.1, 0.15) is 43.4 Å². The van der Waals surface area contributed by atoms with Crippen LogP contribution >= 0.6 is 0 Å². The molecule has 1 heterocycles. The van der Waals surface area contributed by atoms with Crippen molar-refractivity contribution in [1.29, 1.82) is 0 Å². The van der Waals surface area contributed by atoms with Gasteiger partial charge in [-0.15, -0.1) is 0 Å². The highest BCUT2D eigenvalue weighted by Gasteiger charge is 2.19. The Hall–Kier alpha value is -3.08. The van der Waals surface area contributed by atoms with E-state index in [9.17, 15) is 9.59 Å². The second kappa shape index (κ2) is 8.95. The molecular formula is C24H29N3O2. The van der Waals surface area contributed by atoms with E-state index in [1.807, 2.05) is 49.5 Å².